The van der Waals surface area contributed by atoms with E-state index in [4.69, 9.17) is 10.5 Å². The van der Waals surface area contributed by atoms with Gasteiger partial charge in [-0.15, -0.1) is 0 Å². The Morgan fingerprint density at radius 1 is 1.69 bits per heavy atom. The van der Waals surface area contributed by atoms with Crippen LogP contribution in [-0.4, -0.2) is 42.7 Å². The molecule has 1 fully saturated rings. The molecular formula is C11H22N2O2S. The standard InChI is InChI=1S/C11H22N2O2S/c1-2-5-13-10(11(12)14)8-16-7-9-4-3-6-15-9/h9-10,13H,2-8H2,1H3,(H2,12,14). The van der Waals surface area contributed by atoms with Crippen LogP contribution in [0.15, 0.2) is 0 Å². The van der Waals surface area contributed by atoms with Crippen molar-refractivity contribution >= 4 is 17.7 Å². The average Bonchev–Trinajstić information content (AvgIpc) is 2.75. The number of amides is 1. The number of nitrogens with two attached hydrogens (primary N) is 1. The molecule has 0 bridgehead atoms. The third-order valence-corrected chi connectivity index (χ3v) is 3.77. The van der Waals surface area contributed by atoms with Gasteiger partial charge in [-0.2, -0.15) is 11.8 Å². The van der Waals surface area contributed by atoms with E-state index in [1.165, 1.54) is 6.42 Å². The van der Waals surface area contributed by atoms with Crippen LogP contribution >= 0.6 is 11.8 Å². The number of rotatable bonds is 8. The smallest absolute Gasteiger partial charge is 0.235 e. The molecule has 0 saturated carbocycles. The predicted octanol–water partition coefficient (Wildman–Crippen LogP) is 0.752. The van der Waals surface area contributed by atoms with Crippen molar-refractivity contribution in [2.24, 2.45) is 5.73 Å². The first-order valence-electron chi connectivity index (χ1n) is 5.96. The van der Waals surface area contributed by atoms with Crippen LogP contribution in [0.4, 0.5) is 0 Å². The lowest BCUT2D eigenvalue weighted by Gasteiger charge is -2.15. The van der Waals surface area contributed by atoms with Gasteiger partial charge < -0.3 is 15.8 Å². The Labute approximate surface area is 102 Å². The number of hydrogen-bond acceptors (Lipinski definition) is 4. The minimum absolute atomic E-state index is 0.202. The molecule has 1 heterocycles. The SMILES string of the molecule is CCCNC(CSCC1CCCO1)C(N)=O. The highest BCUT2D eigenvalue weighted by Crippen LogP contribution is 2.17. The number of ether oxygens (including phenoxy) is 1. The van der Waals surface area contributed by atoms with Gasteiger partial charge in [0.25, 0.3) is 0 Å². The highest BCUT2D eigenvalue weighted by Gasteiger charge is 2.18. The van der Waals surface area contributed by atoms with E-state index in [1.54, 1.807) is 11.8 Å². The molecule has 16 heavy (non-hydrogen) atoms. The van der Waals surface area contributed by atoms with Crippen LogP contribution < -0.4 is 11.1 Å². The van der Waals surface area contributed by atoms with Gasteiger partial charge in [0, 0.05) is 18.1 Å². The summed E-state index contributed by atoms with van der Waals surface area (Å²) in [6, 6.07) is -0.202. The van der Waals surface area contributed by atoms with E-state index in [1.807, 2.05) is 0 Å². The zero-order chi connectivity index (χ0) is 11.8. The van der Waals surface area contributed by atoms with Crippen LogP contribution in [-0.2, 0) is 9.53 Å². The molecule has 3 N–H and O–H groups in total. The molecule has 1 rings (SSSR count). The van der Waals surface area contributed by atoms with E-state index >= 15 is 0 Å². The van der Waals surface area contributed by atoms with Gasteiger partial charge >= 0.3 is 0 Å². The molecule has 0 aromatic heterocycles. The van der Waals surface area contributed by atoms with Crippen molar-refractivity contribution in [3.8, 4) is 0 Å². The van der Waals surface area contributed by atoms with E-state index in [-0.39, 0.29) is 11.9 Å². The summed E-state index contributed by atoms with van der Waals surface area (Å²) in [5, 5.41) is 3.16. The van der Waals surface area contributed by atoms with Gasteiger partial charge in [-0.05, 0) is 25.8 Å². The first kappa shape index (κ1) is 13.8. The quantitative estimate of drug-likeness (QED) is 0.663. The second-order valence-electron chi connectivity index (χ2n) is 4.08. The third kappa shape index (κ3) is 5.18. The maximum absolute atomic E-state index is 11.1. The van der Waals surface area contributed by atoms with Gasteiger partial charge in [0.15, 0.2) is 0 Å². The largest absolute Gasteiger partial charge is 0.377 e. The molecule has 1 saturated heterocycles. The van der Waals surface area contributed by atoms with E-state index in [2.05, 4.69) is 12.2 Å². The van der Waals surface area contributed by atoms with E-state index in [0.29, 0.717) is 6.10 Å². The summed E-state index contributed by atoms with van der Waals surface area (Å²) in [4.78, 5) is 11.1. The Balaban J connectivity index is 2.13. The van der Waals surface area contributed by atoms with Crippen LogP contribution in [0.5, 0.6) is 0 Å². The molecule has 0 aromatic rings. The van der Waals surface area contributed by atoms with E-state index in [9.17, 15) is 4.79 Å². The fourth-order valence-electron chi connectivity index (χ4n) is 1.65. The second kappa shape index (κ2) is 7.92. The van der Waals surface area contributed by atoms with Crippen LogP contribution in [0.2, 0.25) is 0 Å². The first-order chi connectivity index (χ1) is 7.74. The predicted molar refractivity (Wildman–Crippen MR) is 67.6 cm³/mol. The number of carbonyl (C=O) groups is 1. The summed E-state index contributed by atoms with van der Waals surface area (Å²) in [5.41, 5.74) is 5.33. The summed E-state index contributed by atoms with van der Waals surface area (Å²) < 4.78 is 5.52. The Morgan fingerprint density at radius 2 is 2.50 bits per heavy atom. The molecule has 1 aliphatic rings. The number of hydrogen-bond donors (Lipinski definition) is 2. The Kier molecular flexibility index (Phi) is 6.84. The zero-order valence-corrected chi connectivity index (χ0v) is 10.7. The molecule has 5 heteroatoms. The van der Waals surface area contributed by atoms with Crippen LogP contribution in [0, 0.1) is 0 Å². The van der Waals surface area contributed by atoms with Gasteiger partial charge in [0.05, 0.1) is 12.1 Å². The van der Waals surface area contributed by atoms with Gasteiger partial charge in [-0.25, -0.2) is 0 Å². The molecule has 1 aliphatic heterocycles. The lowest BCUT2D eigenvalue weighted by molar-refractivity contribution is -0.119. The molecular weight excluding hydrogens is 224 g/mol. The number of thioether (sulfide) groups is 1. The Bertz CT molecular complexity index is 208. The molecule has 2 atom stereocenters. The molecule has 0 spiro atoms. The van der Waals surface area contributed by atoms with Crippen molar-refractivity contribution in [3.05, 3.63) is 0 Å². The van der Waals surface area contributed by atoms with Crippen molar-refractivity contribution in [1.82, 2.24) is 5.32 Å². The van der Waals surface area contributed by atoms with Gasteiger partial charge in [0.1, 0.15) is 0 Å². The highest BCUT2D eigenvalue weighted by molar-refractivity contribution is 7.99. The molecule has 1 amide bonds. The van der Waals surface area contributed by atoms with Gasteiger partial charge in [0.2, 0.25) is 5.91 Å². The molecule has 0 aromatic carbocycles. The van der Waals surface area contributed by atoms with Crippen LogP contribution in [0.1, 0.15) is 26.2 Å². The summed E-state index contributed by atoms with van der Waals surface area (Å²) in [5.74, 6) is 1.46. The summed E-state index contributed by atoms with van der Waals surface area (Å²) >= 11 is 1.75. The zero-order valence-electron chi connectivity index (χ0n) is 9.91. The minimum atomic E-state index is -0.256. The molecule has 2 unspecified atom stereocenters. The number of primary amides is 1. The van der Waals surface area contributed by atoms with Gasteiger partial charge in [-0.1, -0.05) is 6.92 Å². The van der Waals surface area contributed by atoms with E-state index in [0.717, 1.165) is 37.5 Å². The number of nitrogens with one attached hydrogen (secondary N) is 1. The monoisotopic (exact) mass is 246 g/mol. The lowest BCUT2D eigenvalue weighted by atomic mass is 10.3. The summed E-state index contributed by atoms with van der Waals surface area (Å²) in [6.07, 6.45) is 3.71. The van der Waals surface area contributed by atoms with Crippen LogP contribution in [0.25, 0.3) is 0 Å². The molecule has 0 radical (unpaired) electrons. The highest BCUT2D eigenvalue weighted by atomic mass is 32.2. The third-order valence-electron chi connectivity index (χ3n) is 2.60. The Morgan fingerprint density at radius 3 is 3.06 bits per heavy atom. The van der Waals surface area contributed by atoms with Crippen molar-refractivity contribution in [2.75, 3.05) is 24.7 Å². The van der Waals surface area contributed by atoms with Crippen molar-refractivity contribution in [3.63, 3.8) is 0 Å². The van der Waals surface area contributed by atoms with Crippen molar-refractivity contribution < 1.29 is 9.53 Å². The average molecular weight is 246 g/mol. The fourth-order valence-corrected chi connectivity index (χ4v) is 2.83. The molecule has 4 nitrogen and oxygen atoms in total. The molecule has 0 aliphatic carbocycles. The van der Waals surface area contributed by atoms with Crippen LogP contribution in [0.3, 0.4) is 0 Å². The maximum Gasteiger partial charge on any atom is 0.235 e. The minimum Gasteiger partial charge on any atom is -0.377 e. The summed E-state index contributed by atoms with van der Waals surface area (Å²) in [6.45, 7) is 3.80. The van der Waals surface area contributed by atoms with Crippen molar-refractivity contribution in [1.29, 1.82) is 0 Å². The fraction of sp³-hybridized carbons (Fsp3) is 0.909. The van der Waals surface area contributed by atoms with E-state index < -0.39 is 0 Å². The second-order valence-corrected chi connectivity index (χ2v) is 5.16. The Hall–Kier alpha value is -0.260. The van der Waals surface area contributed by atoms with Crippen molar-refractivity contribution in [2.45, 2.75) is 38.3 Å². The lowest BCUT2D eigenvalue weighted by Crippen LogP contribution is -2.43. The van der Waals surface area contributed by atoms with Gasteiger partial charge in [-0.3, -0.25) is 4.79 Å². The first-order valence-corrected chi connectivity index (χ1v) is 7.11. The maximum atomic E-state index is 11.1. The summed E-state index contributed by atoms with van der Waals surface area (Å²) in [7, 11) is 0. The topological polar surface area (TPSA) is 64.3 Å². The number of carbonyl (C=O) groups excluding carboxylic acids is 1. The molecule has 94 valence electrons. The normalized spacial score (nSPS) is 22.2.